The number of para-hydroxylation sites is 1. The zero-order valence-electron chi connectivity index (χ0n) is 16.9. The van der Waals surface area contributed by atoms with Crippen LogP contribution in [0.25, 0.3) is 0 Å². The topological polar surface area (TPSA) is 76.7 Å². The van der Waals surface area contributed by atoms with Gasteiger partial charge in [0.25, 0.3) is 5.91 Å². The van der Waals surface area contributed by atoms with Crippen LogP contribution in [0, 0.1) is 5.92 Å². The average molecular weight is 384 g/mol. The lowest BCUT2D eigenvalue weighted by Gasteiger charge is -2.13. The fourth-order valence-corrected chi connectivity index (χ4v) is 2.69. The number of methoxy groups -OCH3 is 2. The normalized spacial score (nSPS) is 10.5. The molecule has 0 fully saturated rings. The second kappa shape index (κ2) is 10.3. The number of anilines is 1. The third-order valence-corrected chi connectivity index (χ3v) is 4.21. The number of carbonyl (C=O) groups excluding carboxylic acids is 2. The molecule has 0 saturated heterocycles. The summed E-state index contributed by atoms with van der Waals surface area (Å²) in [6.45, 7) is 4.64. The lowest BCUT2D eigenvalue weighted by molar-refractivity contribution is -0.116. The van der Waals surface area contributed by atoms with Crippen LogP contribution in [0.2, 0.25) is 0 Å². The van der Waals surface area contributed by atoms with E-state index >= 15 is 0 Å². The monoisotopic (exact) mass is 384 g/mol. The molecule has 0 radical (unpaired) electrons. The molecule has 0 aliphatic carbocycles. The van der Waals surface area contributed by atoms with Gasteiger partial charge in [-0.1, -0.05) is 32.0 Å². The number of carbonyl (C=O) groups is 2. The van der Waals surface area contributed by atoms with E-state index in [0.717, 1.165) is 5.56 Å². The Labute approximate surface area is 166 Å². The largest absolute Gasteiger partial charge is 0.493 e. The Morgan fingerprint density at radius 3 is 2.39 bits per heavy atom. The van der Waals surface area contributed by atoms with Crippen LogP contribution in [-0.4, -0.2) is 32.6 Å². The Morgan fingerprint density at radius 1 is 1.00 bits per heavy atom. The predicted molar refractivity (Wildman–Crippen MR) is 110 cm³/mol. The SMILES string of the molecule is COc1ccc(CCC(=O)Nc2ccccc2C(=O)NCC(C)C)cc1OC. The van der Waals surface area contributed by atoms with Crippen LogP contribution in [0.15, 0.2) is 42.5 Å². The maximum absolute atomic E-state index is 12.4. The fourth-order valence-electron chi connectivity index (χ4n) is 2.69. The highest BCUT2D eigenvalue weighted by Crippen LogP contribution is 2.28. The van der Waals surface area contributed by atoms with Gasteiger partial charge in [-0.2, -0.15) is 0 Å². The zero-order valence-corrected chi connectivity index (χ0v) is 16.9. The summed E-state index contributed by atoms with van der Waals surface area (Å²) in [5, 5.41) is 5.72. The van der Waals surface area contributed by atoms with Gasteiger partial charge in [-0.25, -0.2) is 0 Å². The molecule has 0 aliphatic heterocycles. The highest BCUT2D eigenvalue weighted by molar-refractivity contribution is 6.03. The minimum absolute atomic E-state index is 0.154. The van der Waals surface area contributed by atoms with Crippen LogP contribution < -0.4 is 20.1 Å². The van der Waals surface area contributed by atoms with Crippen LogP contribution in [0.3, 0.4) is 0 Å². The smallest absolute Gasteiger partial charge is 0.253 e. The molecular weight excluding hydrogens is 356 g/mol. The molecule has 2 N–H and O–H groups in total. The van der Waals surface area contributed by atoms with Gasteiger partial charge in [0, 0.05) is 13.0 Å². The summed E-state index contributed by atoms with van der Waals surface area (Å²) in [4.78, 5) is 24.8. The van der Waals surface area contributed by atoms with Crippen LogP contribution in [0.1, 0.15) is 36.2 Å². The van der Waals surface area contributed by atoms with E-state index in [1.165, 1.54) is 0 Å². The highest BCUT2D eigenvalue weighted by Gasteiger charge is 2.13. The first kappa shape index (κ1) is 21.3. The van der Waals surface area contributed by atoms with Gasteiger partial charge in [0.05, 0.1) is 25.5 Å². The molecular formula is C22H28N2O4. The first-order valence-electron chi connectivity index (χ1n) is 9.32. The molecule has 2 rings (SSSR count). The Bertz CT molecular complexity index is 818. The standard InChI is InChI=1S/C22H28N2O4/c1-15(2)14-23-22(26)17-7-5-6-8-18(17)24-21(25)12-10-16-9-11-19(27-3)20(13-16)28-4/h5-9,11,13,15H,10,12,14H2,1-4H3,(H,23,26)(H,24,25). The van der Waals surface area contributed by atoms with Gasteiger partial charge < -0.3 is 20.1 Å². The average Bonchev–Trinajstić information content (AvgIpc) is 2.70. The predicted octanol–water partition coefficient (Wildman–Crippen LogP) is 3.66. The minimum Gasteiger partial charge on any atom is -0.493 e. The molecule has 0 atom stereocenters. The van der Waals surface area contributed by atoms with Crippen molar-refractivity contribution in [1.82, 2.24) is 5.32 Å². The van der Waals surface area contributed by atoms with Gasteiger partial charge in [0.2, 0.25) is 5.91 Å². The Morgan fingerprint density at radius 2 is 1.71 bits per heavy atom. The zero-order chi connectivity index (χ0) is 20.5. The van der Waals surface area contributed by atoms with Crippen molar-refractivity contribution in [2.45, 2.75) is 26.7 Å². The Kier molecular flexibility index (Phi) is 7.87. The summed E-state index contributed by atoms with van der Waals surface area (Å²) in [6.07, 6.45) is 0.839. The lowest BCUT2D eigenvalue weighted by Crippen LogP contribution is -2.28. The molecule has 2 aromatic carbocycles. The number of aryl methyl sites for hydroxylation is 1. The molecule has 6 nitrogen and oxygen atoms in total. The van der Waals surface area contributed by atoms with E-state index in [1.54, 1.807) is 38.5 Å². The van der Waals surface area contributed by atoms with Crippen molar-refractivity contribution in [2.75, 3.05) is 26.1 Å². The van der Waals surface area contributed by atoms with Gasteiger partial charge in [0.1, 0.15) is 0 Å². The number of hydrogen-bond donors (Lipinski definition) is 2. The van der Waals surface area contributed by atoms with E-state index in [0.29, 0.717) is 41.6 Å². The number of ether oxygens (including phenoxy) is 2. The molecule has 0 aromatic heterocycles. The number of amides is 2. The van der Waals surface area contributed by atoms with Crippen LogP contribution in [-0.2, 0) is 11.2 Å². The Hall–Kier alpha value is -3.02. The number of benzene rings is 2. The van der Waals surface area contributed by atoms with Gasteiger partial charge >= 0.3 is 0 Å². The molecule has 0 heterocycles. The van der Waals surface area contributed by atoms with Crippen molar-refractivity contribution in [3.63, 3.8) is 0 Å². The van der Waals surface area contributed by atoms with E-state index in [2.05, 4.69) is 10.6 Å². The number of hydrogen-bond acceptors (Lipinski definition) is 4. The molecule has 2 amide bonds. The number of rotatable bonds is 9. The van der Waals surface area contributed by atoms with Crippen molar-refractivity contribution in [2.24, 2.45) is 5.92 Å². The van der Waals surface area contributed by atoms with Crippen molar-refractivity contribution in [3.05, 3.63) is 53.6 Å². The first-order chi connectivity index (χ1) is 13.4. The summed E-state index contributed by atoms with van der Waals surface area (Å²) in [7, 11) is 3.16. The molecule has 28 heavy (non-hydrogen) atoms. The first-order valence-corrected chi connectivity index (χ1v) is 9.32. The van der Waals surface area contributed by atoms with E-state index < -0.39 is 0 Å². The second-order valence-electron chi connectivity index (χ2n) is 6.89. The third-order valence-electron chi connectivity index (χ3n) is 4.21. The molecule has 6 heteroatoms. The quantitative estimate of drug-likeness (QED) is 0.692. The van der Waals surface area contributed by atoms with E-state index in [4.69, 9.17) is 9.47 Å². The molecule has 0 unspecified atom stereocenters. The second-order valence-corrected chi connectivity index (χ2v) is 6.89. The maximum atomic E-state index is 12.4. The summed E-state index contributed by atoms with van der Waals surface area (Å²) in [5.41, 5.74) is 1.94. The van der Waals surface area contributed by atoms with Crippen molar-refractivity contribution in [3.8, 4) is 11.5 Å². The van der Waals surface area contributed by atoms with Gasteiger partial charge in [-0.05, 0) is 42.2 Å². The molecule has 0 aliphatic rings. The molecule has 2 aromatic rings. The molecule has 150 valence electrons. The molecule has 0 saturated carbocycles. The number of nitrogens with one attached hydrogen (secondary N) is 2. The van der Waals surface area contributed by atoms with E-state index in [9.17, 15) is 9.59 Å². The summed E-state index contributed by atoms with van der Waals surface area (Å²) < 4.78 is 10.5. The van der Waals surface area contributed by atoms with E-state index in [1.807, 2.05) is 32.0 Å². The van der Waals surface area contributed by atoms with Crippen LogP contribution in [0.5, 0.6) is 11.5 Å². The van der Waals surface area contributed by atoms with Crippen molar-refractivity contribution < 1.29 is 19.1 Å². The fraction of sp³-hybridized carbons (Fsp3) is 0.364. The van der Waals surface area contributed by atoms with Crippen molar-refractivity contribution in [1.29, 1.82) is 0 Å². The van der Waals surface area contributed by atoms with Crippen molar-refractivity contribution >= 4 is 17.5 Å². The minimum atomic E-state index is -0.190. The molecule has 0 spiro atoms. The Balaban J connectivity index is 1.99. The third kappa shape index (κ3) is 6.01. The summed E-state index contributed by atoms with van der Waals surface area (Å²) in [6, 6.07) is 12.6. The lowest BCUT2D eigenvalue weighted by atomic mass is 10.1. The van der Waals surface area contributed by atoms with Gasteiger partial charge in [-0.15, -0.1) is 0 Å². The van der Waals surface area contributed by atoms with Gasteiger partial charge in [-0.3, -0.25) is 9.59 Å². The molecule has 0 bridgehead atoms. The summed E-state index contributed by atoms with van der Waals surface area (Å²) in [5.74, 6) is 1.29. The summed E-state index contributed by atoms with van der Waals surface area (Å²) >= 11 is 0. The maximum Gasteiger partial charge on any atom is 0.253 e. The van der Waals surface area contributed by atoms with E-state index in [-0.39, 0.29) is 18.2 Å². The van der Waals surface area contributed by atoms with Gasteiger partial charge in [0.15, 0.2) is 11.5 Å². The van der Waals surface area contributed by atoms with Crippen LogP contribution in [0.4, 0.5) is 5.69 Å². The van der Waals surface area contributed by atoms with Crippen LogP contribution >= 0.6 is 0 Å². The highest BCUT2D eigenvalue weighted by atomic mass is 16.5.